The zero-order chi connectivity index (χ0) is 18.7. The van der Waals surface area contributed by atoms with Crippen LogP contribution in [0.1, 0.15) is 40.0 Å². The largest absolute Gasteiger partial charge is 0.381 e. The first kappa shape index (κ1) is 22.0. The summed E-state index contributed by atoms with van der Waals surface area (Å²) in [5, 5.41) is 8.61. The molecule has 3 N–H and O–H groups in total. The van der Waals surface area contributed by atoms with Crippen molar-refractivity contribution in [2.24, 2.45) is 11.1 Å². The molecule has 0 atom stereocenters. The molecular formula is C20H37N3O2. The maximum absolute atomic E-state index is 8.61. The van der Waals surface area contributed by atoms with Crippen LogP contribution in [0.5, 0.6) is 0 Å². The van der Waals surface area contributed by atoms with Crippen LogP contribution in [0.3, 0.4) is 0 Å². The molecule has 0 heterocycles. The lowest BCUT2D eigenvalue weighted by Crippen LogP contribution is -2.35. The Balaban J connectivity index is 2.76. The molecule has 0 bridgehead atoms. The Kier molecular flexibility index (Phi) is 10.2. The summed E-state index contributed by atoms with van der Waals surface area (Å²) in [4.78, 5) is 2.17. The van der Waals surface area contributed by atoms with Crippen LogP contribution in [0.2, 0.25) is 0 Å². The standard InChI is InChI=1S/C20H37N3O2/c1-5-17(14-23(4)13-12-21)19(22)18-8-10-20(11-9-18,15-24-6-2)16-25-7-3/h5,8,22H,6-7,9-16,21H2,1-4H3/b17-5-,22-19?. The van der Waals surface area contributed by atoms with Crippen molar-refractivity contribution < 1.29 is 9.47 Å². The average Bonchev–Trinajstić information content (AvgIpc) is 2.63. The molecule has 1 aliphatic rings. The zero-order valence-corrected chi connectivity index (χ0v) is 16.6. The van der Waals surface area contributed by atoms with E-state index in [4.69, 9.17) is 20.6 Å². The van der Waals surface area contributed by atoms with Crippen LogP contribution in [0.25, 0.3) is 0 Å². The number of nitrogens with two attached hydrogens (primary N) is 1. The molecule has 0 unspecified atom stereocenters. The van der Waals surface area contributed by atoms with Gasteiger partial charge in [-0.3, -0.25) is 0 Å². The molecule has 0 aromatic rings. The van der Waals surface area contributed by atoms with Gasteiger partial charge in [-0.15, -0.1) is 0 Å². The fraction of sp³-hybridized carbons (Fsp3) is 0.750. The number of rotatable bonds is 12. The fourth-order valence-electron chi connectivity index (χ4n) is 3.22. The molecule has 25 heavy (non-hydrogen) atoms. The second kappa shape index (κ2) is 11.6. The van der Waals surface area contributed by atoms with E-state index >= 15 is 0 Å². The van der Waals surface area contributed by atoms with Gasteiger partial charge in [0.25, 0.3) is 0 Å². The molecule has 5 heteroatoms. The Morgan fingerprint density at radius 2 is 1.96 bits per heavy atom. The van der Waals surface area contributed by atoms with E-state index in [1.807, 2.05) is 27.8 Å². The van der Waals surface area contributed by atoms with Crippen molar-refractivity contribution >= 4 is 5.71 Å². The summed E-state index contributed by atoms with van der Waals surface area (Å²) in [6, 6.07) is 0. The van der Waals surface area contributed by atoms with Gasteiger partial charge in [-0.2, -0.15) is 0 Å². The Labute approximate surface area is 153 Å². The number of hydrogen-bond donors (Lipinski definition) is 2. The normalized spacial score (nSPS) is 17.7. The molecule has 0 radical (unpaired) electrons. The van der Waals surface area contributed by atoms with E-state index in [0.29, 0.717) is 12.3 Å². The van der Waals surface area contributed by atoms with Crippen molar-refractivity contribution in [3.05, 3.63) is 23.3 Å². The molecule has 0 saturated carbocycles. The molecule has 0 aromatic heterocycles. The van der Waals surface area contributed by atoms with Crippen LogP contribution in [-0.2, 0) is 9.47 Å². The second-order valence-corrected chi connectivity index (χ2v) is 6.92. The van der Waals surface area contributed by atoms with Crippen LogP contribution in [0, 0.1) is 10.8 Å². The summed E-state index contributed by atoms with van der Waals surface area (Å²) < 4.78 is 11.4. The van der Waals surface area contributed by atoms with Crippen molar-refractivity contribution in [1.29, 1.82) is 5.41 Å². The minimum atomic E-state index is 0.0578. The minimum Gasteiger partial charge on any atom is -0.381 e. The SMILES string of the molecule is C/C=C(/CN(C)CCN)C(=N)C1=CCC(COCC)(COCC)CC1. The van der Waals surface area contributed by atoms with Gasteiger partial charge in [-0.1, -0.05) is 12.2 Å². The quantitative estimate of drug-likeness (QED) is 0.530. The molecule has 0 spiro atoms. The number of ether oxygens (including phenoxy) is 2. The highest BCUT2D eigenvalue weighted by molar-refractivity contribution is 6.10. The Bertz CT molecular complexity index is 464. The Morgan fingerprint density at radius 3 is 2.40 bits per heavy atom. The van der Waals surface area contributed by atoms with Crippen LogP contribution < -0.4 is 5.73 Å². The highest BCUT2D eigenvalue weighted by Crippen LogP contribution is 2.37. The molecular weight excluding hydrogens is 314 g/mol. The highest BCUT2D eigenvalue weighted by Gasteiger charge is 2.33. The molecule has 0 amide bonds. The van der Waals surface area contributed by atoms with Gasteiger partial charge in [-0.05, 0) is 58.2 Å². The molecule has 5 nitrogen and oxygen atoms in total. The minimum absolute atomic E-state index is 0.0578. The van der Waals surface area contributed by atoms with Crippen LogP contribution in [0.15, 0.2) is 23.3 Å². The summed E-state index contributed by atoms with van der Waals surface area (Å²) >= 11 is 0. The molecule has 144 valence electrons. The van der Waals surface area contributed by atoms with Gasteiger partial charge >= 0.3 is 0 Å². The van der Waals surface area contributed by atoms with Gasteiger partial charge in [0.2, 0.25) is 0 Å². The molecule has 0 aromatic carbocycles. The third kappa shape index (κ3) is 7.02. The topological polar surface area (TPSA) is 71.6 Å². The first-order valence-corrected chi connectivity index (χ1v) is 9.49. The third-order valence-electron chi connectivity index (χ3n) is 4.87. The van der Waals surface area contributed by atoms with Crippen LogP contribution in [0.4, 0.5) is 0 Å². The number of nitrogens with zero attached hydrogens (tertiary/aromatic N) is 1. The summed E-state index contributed by atoms with van der Waals surface area (Å²) in [7, 11) is 2.05. The highest BCUT2D eigenvalue weighted by atomic mass is 16.5. The van der Waals surface area contributed by atoms with E-state index < -0.39 is 0 Å². The van der Waals surface area contributed by atoms with Crippen LogP contribution >= 0.6 is 0 Å². The summed E-state index contributed by atoms with van der Waals surface area (Å²) in [6.07, 6.45) is 7.13. The zero-order valence-electron chi connectivity index (χ0n) is 16.6. The Hall–Kier alpha value is -1.01. The molecule has 0 fully saturated rings. The summed E-state index contributed by atoms with van der Waals surface area (Å²) in [5.74, 6) is 0. The van der Waals surface area contributed by atoms with Gasteiger partial charge in [0, 0.05) is 38.3 Å². The van der Waals surface area contributed by atoms with Crippen molar-refractivity contribution in [3.8, 4) is 0 Å². The third-order valence-corrected chi connectivity index (χ3v) is 4.87. The first-order valence-electron chi connectivity index (χ1n) is 9.49. The fourth-order valence-corrected chi connectivity index (χ4v) is 3.22. The maximum atomic E-state index is 8.61. The summed E-state index contributed by atoms with van der Waals surface area (Å²) in [5.41, 5.74) is 8.58. The lowest BCUT2D eigenvalue weighted by molar-refractivity contribution is -0.0220. The predicted octanol–water partition coefficient (Wildman–Crippen LogP) is 3.01. The van der Waals surface area contributed by atoms with Gasteiger partial charge in [0.1, 0.15) is 0 Å². The molecule has 0 saturated heterocycles. The van der Waals surface area contributed by atoms with Gasteiger partial charge in [-0.25, -0.2) is 0 Å². The van der Waals surface area contributed by atoms with E-state index in [0.717, 1.165) is 69.9 Å². The van der Waals surface area contributed by atoms with Gasteiger partial charge in [0.15, 0.2) is 0 Å². The van der Waals surface area contributed by atoms with E-state index in [2.05, 4.69) is 17.1 Å². The lowest BCUT2D eigenvalue weighted by Gasteiger charge is -2.36. The number of hydrogen-bond acceptors (Lipinski definition) is 5. The molecule has 0 aliphatic heterocycles. The van der Waals surface area contributed by atoms with E-state index in [1.54, 1.807) is 0 Å². The second-order valence-electron chi connectivity index (χ2n) is 6.92. The number of allylic oxidation sites excluding steroid dienone is 3. The van der Waals surface area contributed by atoms with E-state index in [9.17, 15) is 0 Å². The first-order chi connectivity index (χ1) is 12.0. The molecule has 1 rings (SSSR count). The average molecular weight is 352 g/mol. The monoisotopic (exact) mass is 351 g/mol. The van der Waals surface area contributed by atoms with Gasteiger partial charge < -0.3 is 25.5 Å². The Morgan fingerprint density at radius 1 is 1.32 bits per heavy atom. The lowest BCUT2D eigenvalue weighted by atomic mass is 9.74. The number of likely N-dealkylation sites (N-methyl/N-ethyl adjacent to an activating group) is 1. The van der Waals surface area contributed by atoms with Gasteiger partial charge in [0.05, 0.1) is 18.9 Å². The maximum Gasteiger partial charge on any atom is 0.0610 e. The van der Waals surface area contributed by atoms with Crippen molar-refractivity contribution in [3.63, 3.8) is 0 Å². The predicted molar refractivity (Wildman–Crippen MR) is 105 cm³/mol. The molecule has 1 aliphatic carbocycles. The number of nitrogens with one attached hydrogen (secondary N) is 1. The smallest absolute Gasteiger partial charge is 0.0610 e. The van der Waals surface area contributed by atoms with Crippen LogP contribution in [-0.4, -0.2) is 63.7 Å². The van der Waals surface area contributed by atoms with Crippen molar-refractivity contribution in [2.75, 3.05) is 53.1 Å². The van der Waals surface area contributed by atoms with Crippen molar-refractivity contribution in [2.45, 2.75) is 40.0 Å². The summed E-state index contributed by atoms with van der Waals surface area (Å²) in [6.45, 7) is 11.3. The van der Waals surface area contributed by atoms with E-state index in [-0.39, 0.29) is 5.41 Å². The van der Waals surface area contributed by atoms with Crippen molar-refractivity contribution in [1.82, 2.24) is 4.90 Å². The van der Waals surface area contributed by atoms with E-state index in [1.165, 1.54) is 0 Å².